The van der Waals surface area contributed by atoms with Gasteiger partial charge in [0.15, 0.2) is 11.6 Å². The number of ether oxygens (including phenoxy) is 1. The smallest absolute Gasteiger partial charge is 0.319 e. The number of benzene rings is 2. The second-order valence-electron chi connectivity index (χ2n) is 12.6. The van der Waals surface area contributed by atoms with Crippen molar-refractivity contribution in [3.63, 3.8) is 0 Å². The van der Waals surface area contributed by atoms with Gasteiger partial charge in [-0.1, -0.05) is 48.9 Å². The van der Waals surface area contributed by atoms with Gasteiger partial charge in [0.2, 0.25) is 0 Å². The van der Waals surface area contributed by atoms with Crippen LogP contribution in [0.25, 0.3) is 32.9 Å². The van der Waals surface area contributed by atoms with Crippen molar-refractivity contribution in [3.05, 3.63) is 65.6 Å². The quantitative estimate of drug-likeness (QED) is 0.193. The van der Waals surface area contributed by atoms with Gasteiger partial charge in [0.05, 0.1) is 28.9 Å². The summed E-state index contributed by atoms with van der Waals surface area (Å²) >= 11 is 6.39. The number of hydrogen-bond acceptors (Lipinski definition) is 8. The zero-order valence-electron chi connectivity index (χ0n) is 26.1. The summed E-state index contributed by atoms with van der Waals surface area (Å²) in [6, 6.07) is 10.0. The number of piperazine rings is 1. The largest absolute Gasteiger partial charge is 0.462 e. The number of anilines is 1. The number of likely N-dealkylation sites (tertiary alicyclic amines) is 1. The van der Waals surface area contributed by atoms with E-state index in [9.17, 15) is 18.8 Å². The van der Waals surface area contributed by atoms with Gasteiger partial charge in [-0.3, -0.25) is 14.7 Å². The van der Waals surface area contributed by atoms with Gasteiger partial charge < -0.3 is 14.5 Å². The van der Waals surface area contributed by atoms with Crippen LogP contribution in [0.1, 0.15) is 38.5 Å². The van der Waals surface area contributed by atoms with Crippen molar-refractivity contribution in [1.29, 1.82) is 5.26 Å². The minimum atomic E-state index is -1.11. The van der Waals surface area contributed by atoms with E-state index in [0.717, 1.165) is 19.4 Å². The molecule has 248 valence electrons. The van der Waals surface area contributed by atoms with Crippen molar-refractivity contribution >= 4 is 45.0 Å². The highest BCUT2D eigenvalue weighted by atomic mass is 35.5. The van der Waals surface area contributed by atoms with Crippen LogP contribution in [0.2, 0.25) is 5.02 Å². The van der Waals surface area contributed by atoms with Gasteiger partial charge in [-0.25, -0.2) is 13.2 Å². The maximum absolute atomic E-state index is 16.7. The Morgan fingerprint density at radius 2 is 1.92 bits per heavy atom. The first-order valence-corrected chi connectivity index (χ1v) is 16.5. The van der Waals surface area contributed by atoms with Gasteiger partial charge in [0.25, 0.3) is 5.91 Å². The number of nitriles is 1. The van der Waals surface area contributed by atoms with Crippen LogP contribution in [0.5, 0.6) is 6.01 Å². The number of fused-ring (bicyclic) bond motifs is 2. The minimum Gasteiger partial charge on any atom is -0.462 e. The number of carbonyl (C=O) groups excluding carboxylic acids is 1. The molecule has 3 aliphatic rings. The van der Waals surface area contributed by atoms with Crippen LogP contribution in [-0.4, -0.2) is 81.6 Å². The van der Waals surface area contributed by atoms with Crippen LogP contribution in [-0.2, 0) is 4.79 Å². The molecule has 9 nitrogen and oxygen atoms in total. The van der Waals surface area contributed by atoms with E-state index in [1.165, 1.54) is 36.4 Å². The van der Waals surface area contributed by atoms with Crippen molar-refractivity contribution in [1.82, 2.24) is 24.8 Å². The first-order valence-electron chi connectivity index (χ1n) is 16.1. The standard InChI is InChI=1S/C35H33ClF3N7O2/c1-20(37)34(47)46-16-15-44(18-23(46)12-13-40)33-26-17-41-31(25-9-2-5-21-10-11-27(38)29(36)28(21)25)30(39)32(26)42-35(43-33)48-19-24-8-4-14-45(24)22-6-3-7-22/h2,5,9-11,17,22-24H,1,3-4,6-8,12,14-16,18-19H2/t23-,24-/m0/s1. The fourth-order valence-electron chi connectivity index (χ4n) is 7.18. The SMILES string of the molecule is C=C(F)C(=O)N1CCN(c2nc(OC[C@@H]3CCCN3C3CCC3)nc3c(F)c(-c4cccc5ccc(F)c(Cl)c45)ncc23)C[C@@H]1CC#N. The molecule has 2 atom stereocenters. The second-order valence-corrected chi connectivity index (χ2v) is 13.0. The van der Waals surface area contributed by atoms with Gasteiger partial charge in [-0.2, -0.15) is 15.2 Å². The fraction of sp³-hybridized carbons (Fsp3) is 0.400. The molecule has 0 bridgehead atoms. The van der Waals surface area contributed by atoms with Crippen LogP contribution in [0, 0.1) is 23.0 Å². The summed E-state index contributed by atoms with van der Waals surface area (Å²) in [6.07, 6.45) is 7.00. The van der Waals surface area contributed by atoms with E-state index in [0.29, 0.717) is 34.8 Å². The topological polar surface area (TPSA) is 98.5 Å². The van der Waals surface area contributed by atoms with E-state index >= 15 is 4.39 Å². The number of rotatable bonds is 8. The molecule has 0 N–H and O–H groups in total. The molecule has 7 rings (SSSR count). The molecule has 1 amide bonds. The summed E-state index contributed by atoms with van der Waals surface area (Å²) in [5.41, 5.74) is 0.176. The molecule has 2 saturated heterocycles. The maximum atomic E-state index is 16.7. The van der Waals surface area contributed by atoms with E-state index in [2.05, 4.69) is 27.5 Å². The number of halogens is 4. The Bertz CT molecular complexity index is 1970. The van der Waals surface area contributed by atoms with Crippen LogP contribution >= 0.6 is 11.6 Å². The lowest BCUT2D eigenvalue weighted by molar-refractivity contribution is -0.131. The van der Waals surface area contributed by atoms with Crippen molar-refractivity contribution in [3.8, 4) is 23.3 Å². The number of nitrogens with zero attached hydrogens (tertiary/aromatic N) is 7. The predicted molar refractivity (Wildman–Crippen MR) is 176 cm³/mol. The lowest BCUT2D eigenvalue weighted by atomic mass is 9.91. The molecule has 3 fully saturated rings. The predicted octanol–water partition coefficient (Wildman–Crippen LogP) is 6.59. The molecular formula is C35H33ClF3N7O2. The zero-order valence-corrected chi connectivity index (χ0v) is 26.9. The molecule has 0 radical (unpaired) electrons. The minimum absolute atomic E-state index is 0.0246. The Morgan fingerprint density at radius 1 is 1.08 bits per heavy atom. The van der Waals surface area contributed by atoms with E-state index in [1.54, 1.807) is 24.3 Å². The van der Waals surface area contributed by atoms with Crippen molar-refractivity contribution in [2.24, 2.45) is 0 Å². The Kier molecular flexibility index (Phi) is 8.83. The van der Waals surface area contributed by atoms with Crippen molar-refractivity contribution < 1.29 is 22.7 Å². The zero-order chi connectivity index (χ0) is 33.5. The molecule has 1 aliphatic carbocycles. The van der Waals surface area contributed by atoms with Crippen molar-refractivity contribution in [2.75, 3.05) is 37.7 Å². The molecule has 4 aromatic rings. The van der Waals surface area contributed by atoms with Crippen LogP contribution in [0.3, 0.4) is 0 Å². The number of hydrogen-bond donors (Lipinski definition) is 0. The first kappa shape index (κ1) is 32.1. The highest BCUT2D eigenvalue weighted by Gasteiger charge is 2.36. The molecule has 2 aromatic heterocycles. The first-order chi connectivity index (χ1) is 23.2. The molecule has 4 heterocycles. The summed E-state index contributed by atoms with van der Waals surface area (Å²) in [5.74, 6) is -3.07. The Hall–Kier alpha value is -4.47. The lowest BCUT2D eigenvalue weighted by Crippen LogP contribution is -2.55. The third-order valence-corrected chi connectivity index (χ3v) is 10.2. The highest BCUT2D eigenvalue weighted by Crippen LogP contribution is 2.39. The molecule has 13 heteroatoms. The average Bonchev–Trinajstić information content (AvgIpc) is 3.52. The number of amides is 1. The van der Waals surface area contributed by atoms with Gasteiger partial charge >= 0.3 is 6.01 Å². The monoisotopic (exact) mass is 675 g/mol. The Balaban J connectivity index is 1.31. The van der Waals surface area contributed by atoms with Crippen LogP contribution in [0.4, 0.5) is 19.0 Å². The summed E-state index contributed by atoms with van der Waals surface area (Å²) in [7, 11) is 0. The normalized spacial score (nSPS) is 20.2. The number of pyridine rings is 1. The summed E-state index contributed by atoms with van der Waals surface area (Å²) < 4.78 is 51.4. The molecule has 1 saturated carbocycles. The number of carbonyl (C=O) groups is 1. The number of aromatic nitrogens is 3. The van der Waals surface area contributed by atoms with E-state index in [1.807, 2.05) is 4.90 Å². The lowest BCUT2D eigenvalue weighted by Gasteiger charge is -2.41. The van der Waals surface area contributed by atoms with Gasteiger partial charge in [-0.05, 0) is 43.7 Å². The van der Waals surface area contributed by atoms with E-state index in [4.69, 9.17) is 21.3 Å². The molecule has 0 spiro atoms. The Morgan fingerprint density at radius 3 is 2.67 bits per heavy atom. The van der Waals surface area contributed by atoms with Crippen molar-refractivity contribution in [2.45, 2.75) is 56.7 Å². The van der Waals surface area contributed by atoms with Crippen LogP contribution < -0.4 is 9.64 Å². The fourth-order valence-corrected chi connectivity index (χ4v) is 7.45. The molecule has 2 aromatic carbocycles. The molecule has 0 unspecified atom stereocenters. The average molecular weight is 676 g/mol. The Labute approximate surface area is 280 Å². The van der Waals surface area contributed by atoms with Gasteiger partial charge in [0, 0.05) is 48.9 Å². The summed E-state index contributed by atoms with van der Waals surface area (Å²) in [5, 5.41) is 10.6. The highest BCUT2D eigenvalue weighted by molar-refractivity contribution is 6.36. The van der Waals surface area contributed by atoms with Gasteiger partial charge in [-0.15, -0.1) is 0 Å². The third-order valence-electron chi connectivity index (χ3n) is 9.81. The molecule has 2 aliphatic heterocycles. The van der Waals surface area contributed by atoms with E-state index < -0.39 is 29.4 Å². The van der Waals surface area contributed by atoms with Gasteiger partial charge in [0.1, 0.15) is 29.5 Å². The second kappa shape index (κ2) is 13.2. The molecule has 48 heavy (non-hydrogen) atoms. The van der Waals surface area contributed by atoms with E-state index in [-0.39, 0.29) is 59.7 Å². The maximum Gasteiger partial charge on any atom is 0.319 e. The van der Waals surface area contributed by atoms with Crippen LogP contribution in [0.15, 0.2) is 48.9 Å². The summed E-state index contributed by atoms with van der Waals surface area (Å²) in [4.78, 5) is 31.9. The molecular weight excluding hydrogens is 643 g/mol. The summed E-state index contributed by atoms with van der Waals surface area (Å²) in [6.45, 7) is 4.89. The third kappa shape index (κ3) is 5.79.